The lowest BCUT2D eigenvalue weighted by Gasteiger charge is -2.17. The van der Waals surface area contributed by atoms with E-state index in [9.17, 15) is 4.55 Å². The molecule has 0 saturated carbocycles. The average Bonchev–Trinajstić information content (AvgIpc) is 2.80. The van der Waals surface area contributed by atoms with Crippen molar-refractivity contribution in [1.82, 2.24) is 4.98 Å². The molecule has 9 heteroatoms. The summed E-state index contributed by atoms with van der Waals surface area (Å²) >= 11 is 10.8. The maximum atomic E-state index is 12.9. The second-order valence-electron chi connectivity index (χ2n) is 6.62. The number of rotatable bonds is 7. The van der Waals surface area contributed by atoms with Crippen LogP contribution in [-0.2, 0) is 11.4 Å². The third kappa shape index (κ3) is 4.81. The van der Waals surface area contributed by atoms with E-state index in [4.69, 9.17) is 37.4 Å². The number of nitrogens with zero attached hydrogens (tertiary/aromatic N) is 1. The summed E-state index contributed by atoms with van der Waals surface area (Å²) in [6.07, 6.45) is 1.62. The van der Waals surface area contributed by atoms with Crippen molar-refractivity contribution in [2.75, 3.05) is 18.9 Å². The molecule has 32 heavy (non-hydrogen) atoms. The molecule has 0 amide bonds. The van der Waals surface area contributed by atoms with Gasteiger partial charge in [-0.1, -0.05) is 41.4 Å². The van der Waals surface area contributed by atoms with Gasteiger partial charge >= 0.3 is 0 Å². The summed E-state index contributed by atoms with van der Waals surface area (Å²) in [5.41, 5.74) is 1.34. The minimum atomic E-state index is -1.63. The number of benzene rings is 3. The van der Waals surface area contributed by atoms with Gasteiger partial charge in [-0.25, -0.2) is 4.72 Å². The van der Waals surface area contributed by atoms with Gasteiger partial charge in [-0.15, -0.1) is 0 Å². The molecule has 4 aromatic rings. The molecule has 4 rings (SSSR count). The molecule has 1 atom stereocenters. The smallest absolute Gasteiger partial charge is 0.221 e. The monoisotopic (exact) mass is 488 g/mol. The van der Waals surface area contributed by atoms with Gasteiger partial charge in [0, 0.05) is 28.6 Å². The normalized spacial score (nSPS) is 11.8. The Morgan fingerprint density at radius 3 is 2.50 bits per heavy atom. The van der Waals surface area contributed by atoms with E-state index in [1.54, 1.807) is 36.5 Å². The Labute approximate surface area is 198 Å². The number of anilines is 1. The second-order valence-corrected chi connectivity index (χ2v) is 8.65. The van der Waals surface area contributed by atoms with Crippen LogP contribution < -0.4 is 18.9 Å². The van der Waals surface area contributed by atoms with Gasteiger partial charge in [0.25, 0.3) is 0 Å². The molecule has 0 bridgehead atoms. The zero-order valence-electron chi connectivity index (χ0n) is 17.1. The molecule has 1 aromatic heterocycles. The molecule has 0 fully saturated rings. The quantitative estimate of drug-likeness (QED) is 0.299. The Balaban J connectivity index is 1.60. The molecule has 1 heterocycles. The Bertz CT molecular complexity index is 1270. The molecule has 164 valence electrons. The molecular formula is C23H18Cl2N2O4S. The van der Waals surface area contributed by atoms with Gasteiger partial charge in [0.1, 0.15) is 17.1 Å². The number of fused-ring (bicyclic) bond motifs is 1. The highest BCUT2D eigenvalue weighted by atomic mass is 35.5. The van der Waals surface area contributed by atoms with E-state index in [-0.39, 0.29) is 5.02 Å². The summed E-state index contributed by atoms with van der Waals surface area (Å²) in [5, 5.41) is 1.70. The fraction of sp³-hybridized carbons (Fsp3) is 0.0870. The van der Waals surface area contributed by atoms with E-state index < -0.39 is 11.4 Å². The molecule has 3 aromatic carbocycles. The van der Waals surface area contributed by atoms with Gasteiger partial charge in [0.15, 0.2) is 17.2 Å². The number of halogens is 2. The van der Waals surface area contributed by atoms with Gasteiger partial charge in [-0.3, -0.25) is 4.98 Å². The van der Waals surface area contributed by atoms with Gasteiger partial charge in [0.2, 0.25) is 4.90 Å². The fourth-order valence-corrected chi connectivity index (χ4v) is 4.43. The summed E-state index contributed by atoms with van der Waals surface area (Å²) in [5.74, 6) is 1.61. The van der Waals surface area contributed by atoms with E-state index in [1.165, 1.54) is 14.2 Å². The molecule has 1 unspecified atom stereocenters. The predicted octanol–water partition coefficient (Wildman–Crippen LogP) is 6.49. The molecule has 0 spiro atoms. The Morgan fingerprint density at radius 2 is 1.72 bits per heavy atom. The van der Waals surface area contributed by atoms with Crippen LogP contribution in [0.4, 0.5) is 5.69 Å². The minimum absolute atomic E-state index is 0.278. The highest BCUT2D eigenvalue weighted by Gasteiger charge is 2.21. The Morgan fingerprint density at radius 1 is 0.938 bits per heavy atom. The molecule has 0 aliphatic heterocycles. The van der Waals surface area contributed by atoms with Crippen LogP contribution in [0.5, 0.6) is 23.0 Å². The summed E-state index contributed by atoms with van der Waals surface area (Å²) in [4.78, 5) is 4.83. The highest BCUT2D eigenvalue weighted by Crippen LogP contribution is 2.41. The summed E-state index contributed by atoms with van der Waals surface area (Å²) in [7, 11) is 2.99. The largest absolute Gasteiger partial charge is 0.588 e. The van der Waals surface area contributed by atoms with Crippen LogP contribution in [0, 0.1) is 0 Å². The van der Waals surface area contributed by atoms with Crippen LogP contribution in [0.2, 0.25) is 10.0 Å². The lowest BCUT2D eigenvalue weighted by atomic mass is 10.2. The van der Waals surface area contributed by atoms with Crippen molar-refractivity contribution in [3.05, 3.63) is 76.9 Å². The molecular weight excluding hydrogens is 471 g/mol. The maximum absolute atomic E-state index is 12.9. The number of nitrogens with one attached hydrogen (secondary N) is 1. The first-order valence-electron chi connectivity index (χ1n) is 9.40. The maximum Gasteiger partial charge on any atom is 0.221 e. The van der Waals surface area contributed by atoms with E-state index >= 15 is 0 Å². The third-order valence-corrected chi connectivity index (χ3v) is 6.22. The van der Waals surface area contributed by atoms with Crippen LogP contribution in [0.1, 0.15) is 0 Å². The van der Waals surface area contributed by atoms with Gasteiger partial charge in [-0.2, -0.15) is 0 Å². The second kappa shape index (κ2) is 9.75. The molecule has 0 aliphatic carbocycles. The third-order valence-electron chi connectivity index (χ3n) is 4.55. The zero-order valence-corrected chi connectivity index (χ0v) is 19.4. The van der Waals surface area contributed by atoms with Crippen LogP contribution in [0.25, 0.3) is 10.9 Å². The molecule has 0 aliphatic rings. The number of hydrogen-bond donors (Lipinski definition) is 1. The fourth-order valence-electron chi connectivity index (χ4n) is 3.06. The summed E-state index contributed by atoms with van der Waals surface area (Å²) in [6.45, 7) is 0. The lowest BCUT2D eigenvalue weighted by Crippen LogP contribution is -2.14. The topological polar surface area (TPSA) is 75.7 Å². The number of aromatic nitrogens is 1. The first kappa shape index (κ1) is 22.4. The van der Waals surface area contributed by atoms with Crippen molar-refractivity contribution >= 4 is 51.2 Å². The molecule has 1 N–H and O–H groups in total. The Hall–Kier alpha value is -2.84. The average molecular weight is 489 g/mol. The van der Waals surface area contributed by atoms with E-state index in [0.29, 0.717) is 38.6 Å². The van der Waals surface area contributed by atoms with Crippen LogP contribution >= 0.6 is 23.2 Å². The van der Waals surface area contributed by atoms with Crippen LogP contribution in [0.15, 0.2) is 71.8 Å². The van der Waals surface area contributed by atoms with Gasteiger partial charge in [0.05, 0.1) is 36.6 Å². The SMILES string of the molecule is COc1cc(Cl)ccc1[S+]([O-])Nc1cc(Cl)c(Oc2cnc3ccccc3c2)c(OC)c1. The van der Waals surface area contributed by atoms with Crippen molar-refractivity contribution in [3.63, 3.8) is 0 Å². The van der Waals surface area contributed by atoms with E-state index in [1.807, 2.05) is 30.3 Å². The van der Waals surface area contributed by atoms with Crippen LogP contribution in [0.3, 0.4) is 0 Å². The van der Waals surface area contributed by atoms with Crippen molar-refractivity contribution in [2.45, 2.75) is 4.90 Å². The standard InChI is InChI=1S/C23H18Cl2N2O4S/c1-29-20-10-15(24)7-8-22(20)32(28)27-16-11-18(25)23(21(12-16)30-2)31-17-9-14-5-3-4-6-19(14)26-13-17/h3-13,27H,1-2H3. The number of pyridine rings is 1. The summed E-state index contributed by atoms with van der Waals surface area (Å²) in [6, 6.07) is 17.7. The molecule has 6 nitrogen and oxygen atoms in total. The van der Waals surface area contributed by atoms with Crippen molar-refractivity contribution in [1.29, 1.82) is 0 Å². The Kier molecular flexibility index (Phi) is 6.81. The van der Waals surface area contributed by atoms with E-state index in [0.717, 1.165) is 10.9 Å². The minimum Gasteiger partial charge on any atom is -0.588 e. The predicted molar refractivity (Wildman–Crippen MR) is 128 cm³/mol. The molecule has 0 saturated heterocycles. The first-order valence-corrected chi connectivity index (χ1v) is 11.3. The van der Waals surface area contributed by atoms with E-state index in [2.05, 4.69) is 9.71 Å². The number of para-hydroxylation sites is 1. The number of methoxy groups -OCH3 is 2. The number of ether oxygens (including phenoxy) is 3. The van der Waals surface area contributed by atoms with Crippen molar-refractivity contribution < 1.29 is 18.8 Å². The van der Waals surface area contributed by atoms with Gasteiger partial charge < -0.3 is 18.8 Å². The molecule has 0 radical (unpaired) electrons. The zero-order chi connectivity index (χ0) is 22.7. The number of hydrogen-bond acceptors (Lipinski definition) is 6. The first-order chi connectivity index (χ1) is 15.5. The highest BCUT2D eigenvalue weighted by molar-refractivity contribution is 7.92. The van der Waals surface area contributed by atoms with Crippen LogP contribution in [-0.4, -0.2) is 23.8 Å². The lowest BCUT2D eigenvalue weighted by molar-refractivity contribution is 0.379. The van der Waals surface area contributed by atoms with Crippen molar-refractivity contribution in [3.8, 4) is 23.0 Å². The summed E-state index contributed by atoms with van der Waals surface area (Å²) < 4.78 is 32.5. The van der Waals surface area contributed by atoms with Gasteiger partial charge in [-0.05, 0) is 24.3 Å². The van der Waals surface area contributed by atoms with Crippen molar-refractivity contribution in [2.24, 2.45) is 0 Å².